The molecule has 2 unspecified atom stereocenters. The van der Waals surface area contributed by atoms with E-state index in [0.717, 1.165) is 25.7 Å². The molecule has 2 atom stereocenters. The highest BCUT2D eigenvalue weighted by Crippen LogP contribution is 2.27. The summed E-state index contributed by atoms with van der Waals surface area (Å²) in [6.07, 6.45) is 5.22. The molecule has 6 heteroatoms. The molecule has 1 saturated carbocycles. The molecule has 1 aromatic heterocycles. The van der Waals surface area contributed by atoms with E-state index in [4.69, 9.17) is 5.11 Å². The zero-order valence-corrected chi connectivity index (χ0v) is 9.04. The van der Waals surface area contributed by atoms with Crippen LogP contribution in [-0.4, -0.2) is 26.5 Å². The van der Waals surface area contributed by atoms with E-state index in [1.807, 2.05) is 0 Å². The lowest BCUT2D eigenvalue weighted by molar-refractivity contribution is -0.143. The number of nitrogens with one attached hydrogen (secondary N) is 1. The fourth-order valence-electron chi connectivity index (χ4n) is 1.99. The van der Waals surface area contributed by atoms with Crippen molar-refractivity contribution in [3.8, 4) is 0 Å². The predicted octanol–water partition coefficient (Wildman–Crippen LogP) is 1.59. The molecule has 1 heterocycles. The summed E-state index contributed by atoms with van der Waals surface area (Å²) in [5, 5.41) is 12.9. The van der Waals surface area contributed by atoms with Crippen LogP contribution in [0, 0.1) is 5.92 Å². The first-order chi connectivity index (χ1) is 7.27. The summed E-state index contributed by atoms with van der Waals surface area (Å²) in [5.41, 5.74) is 0. The molecular weight excluding hydrogens is 214 g/mol. The number of carboxylic acid groups (broad SMARTS) is 1. The quantitative estimate of drug-likeness (QED) is 0.820. The van der Waals surface area contributed by atoms with Crippen molar-refractivity contribution in [2.24, 2.45) is 5.92 Å². The summed E-state index contributed by atoms with van der Waals surface area (Å²) in [7, 11) is 0. The molecule has 0 spiro atoms. The van der Waals surface area contributed by atoms with Crippen LogP contribution in [0.2, 0.25) is 0 Å². The largest absolute Gasteiger partial charge is 0.481 e. The van der Waals surface area contributed by atoms with E-state index in [-0.39, 0.29) is 12.0 Å². The van der Waals surface area contributed by atoms with Gasteiger partial charge in [-0.1, -0.05) is 12.8 Å². The van der Waals surface area contributed by atoms with Crippen molar-refractivity contribution in [1.82, 2.24) is 9.36 Å². The molecule has 1 aliphatic carbocycles. The molecule has 0 amide bonds. The van der Waals surface area contributed by atoms with Crippen molar-refractivity contribution in [3.63, 3.8) is 0 Å². The number of carbonyl (C=O) groups is 1. The minimum absolute atomic E-state index is 0.00389. The second-order valence-electron chi connectivity index (χ2n) is 3.73. The molecule has 15 heavy (non-hydrogen) atoms. The highest BCUT2D eigenvalue weighted by molar-refractivity contribution is 7.09. The molecular formula is C9H13N3O2S. The van der Waals surface area contributed by atoms with Crippen LogP contribution in [0.1, 0.15) is 25.7 Å². The van der Waals surface area contributed by atoms with E-state index in [1.54, 1.807) is 0 Å². The molecule has 82 valence electrons. The Bertz CT molecular complexity index is 328. The number of rotatable bonds is 3. The first-order valence-electron chi connectivity index (χ1n) is 5.03. The molecule has 0 aliphatic heterocycles. The third-order valence-corrected chi connectivity index (χ3v) is 3.35. The number of carboxylic acids is 1. The number of aromatic nitrogens is 2. The average Bonchev–Trinajstić information content (AvgIpc) is 2.71. The smallest absolute Gasteiger partial charge is 0.308 e. The van der Waals surface area contributed by atoms with Gasteiger partial charge in [-0.3, -0.25) is 4.79 Å². The summed E-state index contributed by atoms with van der Waals surface area (Å²) in [6, 6.07) is 0.00389. The maximum Gasteiger partial charge on any atom is 0.308 e. The molecule has 5 nitrogen and oxygen atoms in total. The molecule has 1 aromatic rings. The van der Waals surface area contributed by atoms with Crippen LogP contribution >= 0.6 is 11.5 Å². The SMILES string of the molecule is O=C(O)C1CCCCC1Nc1ncns1. The molecule has 2 rings (SSSR count). The van der Waals surface area contributed by atoms with E-state index in [2.05, 4.69) is 14.7 Å². The van der Waals surface area contributed by atoms with Crippen molar-refractivity contribution >= 4 is 22.6 Å². The van der Waals surface area contributed by atoms with Gasteiger partial charge in [0.15, 0.2) is 0 Å². The van der Waals surface area contributed by atoms with Crippen LogP contribution in [0.25, 0.3) is 0 Å². The van der Waals surface area contributed by atoms with E-state index in [0.29, 0.717) is 5.13 Å². The Hall–Kier alpha value is -1.17. The molecule has 1 aliphatic rings. The molecule has 0 radical (unpaired) electrons. The fourth-order valence-corrected chi connectivity index (χ4v) is 2.49. The highest BCUT2D eigenvalue weighted by atomic mass is 32.1. The number of hydrogen-bond acceptors (Lipinski definition) is 5. The van der Waals surface area contributed by atoms with Crippen LogP contribution in [-0.2, 0) is 4.79 Å². The minimum atomic E-state index is -0.711. The van der Waals surface area contributed by atoms with Gasteiger partial charge in [-0.15, -0.1) is 0 Å². The van der Waals surface area contributed by atoms with E-state index in [9.17, 15) is 4.79 Å². The Labute approximate surface area is 91.7 Å². The third kappa shape index (κ3) is 2.44. The van der Waals surface area contributed by atoms with Gasteiger partial charge in [0.1, 0.15) is 6.33 Å². The number of anilines is 1. The van der Waals surface area contributed by atoms with Gasteiger partial charge in [-0.2, -0.15) is 4.37 Å². The van der Waals surface area contributed by atoms with E-state index >= 15 is 0 Å². The van der Waals surface area contributed by atoms with Gasteiger partial charge in [0.2, 0.25) is 5.13 Å². The van der Waals surface area contributed by atoms with E-state index in [1.165, 1.54) is 17.9 Å². The lowest BCUT2D eigenvalue weighted by Gasteiger charge is -2.28. The molecule has 0 saturated heterocycles. The van der Waals surface area contributed by atoms with Crippen molar-refractivity contribution in [2.75, 3.05) is 5.32 Å². The lowest BCUT2D eigenvalue weighted by atomic mass is 9.85. The fraction of sp³-hybridized carbons (Fsp3) is 0.667. The van der Waals surface area contributed by atoms with Gasteiger partial charge in [-0.25, -0.2) is 4.98 Å². The molecule has 0 bridgehead atoms. The minimum Gasteiger partial charge on any atom is -0.481 e. The zero-order chi connectivity index (χ0) is 10.7. The monoisotopic (exact) mass is 227 g/mol. The first-order valence-corrected chi connectivity index (χ1v) is 5.81. The Morgan fingerprint density at radius 1 is 1.53 bits per heavy atom. The summed E-state index contributed by atoms with van der Waals surface area (Å²) in [4.78, 5) is 15.0. The summed E-state index contributed by atoms with van der Waals surface area (Å²) < 4.78 is 3.88. The number of nitrogens with zero attached hydrogens (tertiary/aromatic N) is 2. The maximum atomic E-state index is 11.0. The molecule has 2 N–H and O–H groups in total. The predicted molar refractivity (Wildman–Crippen MR) is 56.9 cm³/mol. The maximum absolute atomic E-state index is 11.0. The molecule has 0 aromatic carbocycles. The average molecular weight is 227 g/mol. The summed E-state index contributed by atoms with van der Waals surface area (Å²) in [5.74, 6) is -1.00. The Morgan fingerprint density at radius 2 is 2.33 bits per heavy atom. The van der Waals surface area contributed by atoms with Crippen LogP contribution in [0.5, 0.6) is 0 Å². The van der Waals surface area contributed by atoms with Gasteiger partial charge in [0, 0.05) is 17.6 Å². The van der Waals surface area contributed by atoms with Gasteiger partial charge < -0.3 is 10.4 Å². The van der Waals surface area contributed by atoms with Gasteiger partial charge in [0.05, 0.1) is 5.92 Å². The van der Waals surface area contributed by atoms with E-state index < -0.39 is 5.97 Å². The lowest BCUT2D eigenvalue weighted by Crippen LogP contribution is -2.37. The highest BCUT2D eigenvalue weighted by Gasteiger charge is 2.31. The number of aliphatic carboxylic acids is 1. The van der Waals surface area contributed by atoms with Gasteiger partial charge in [0.25, 0.3) is 0 Å². The van der Waals surface area contributed by atoms with Gasteiger partial charge >= 0.3 is 5.97 Å². The van der Waals surface area contributed by atoms with Crippen molar-refractivity contribution in [2.45, 2.75) is 31.7 Å². The summed E-state index contributed by atoms with van der Waals surface area (Å²) in [6.45, 7) is 0. The standard InChI is InChI=1S/C9H13N3O2S/c13-8(14)6-3-1-2-4-7(6)12-9-10-5-11-15-9/h5-7H,1-4H2,(H,13,14)(H,10,11,12). The van der Waals surface area contributed by atoms with Crippen molar-refractivity contribution in [3.05, 3.63) is 6.33 Å². The Morgan fingerprint density at radius 3 is 3.00 bits per heavy atom. The first kappa shape index (κ1) is 10.4. The second-order valence-corrected chi connectivity index (χ2v) is 4.51. The summed E-state index contributed by atoms with van der Waals surface area (Å²) >= 11 is 1.27. The van der Waals surface area contributed by atoms with Crippen LogP contribution in [0.15, 0.2) is 6.33 Å². The second kappa shape index (κ2) is 4.57. The van der Waals surface area contributed by atoms with Crippen LogP contribution in [0.3, 0.4) is 0 Å². The number of hydrogen-bond donors (Lipinski definition) is 2. The van der Waals surface area contributed by atoms with Crippen molar-refractivity contribution in [1.29, 1.82) is 0 Å². The zero-order valence-electron chi connectivity index (χ0n) is 8.22. The topological polar surface area (TPSA) is 75.1 Å². The van der Waals surface area contributed by atoms with Gasteiger partial charge in [-0.05, 0) is 12.8 Å². The Balaban J connectivity index is 2.02. The van der Waals surface area contributed by atoms with Crippen LogP contribution < -0.4 is 5.32 Å². The van der Waals surface area contributed by atoms with Crippen molar-refractivity contribution < 1.29 is 9.90 Å². The normalized spacial score (nSPS) is 26.1. The third-order valence-electron chi connectivity index (χ3n) is 2.75. The van der Waals surface area contributed by atoms with Crippen LogP contribution in [0.4, 0.5) is 5.13 Å². The molecule has 1 fully saturated rings. The Kier molecular flexibility index (Phi) is 3.15.